The molecule has 4 rings (SSSR count). The van der Waals surface area contributed by atoms with Crippen LogP contribution in [-0.2, 0) is 6.54 Å². The number of nitrogens with zero attached hydrogens (tertiary/aromatic N) is 1. The minimum atomic E-state index is -0.579. The Morgan fingerprint density at radius 2 is 1.44 bits per heavy atom. The van der Waals surface area contributed by atoms with Gasteiger partial charge in [0.25, 0.3) is 11.5 Å². The number of aromatic nitrogens is 2. The number of H-pyrrole nitrogens is 1. The number of nitrogens with one attached hydrogen (secondary N) is 2. The van der Waals surface area contributed by atoms with Crippen LogP contribution in [0.3, 0.4) is 0 Å². The van der Waals surface area contributed by atoms with Gasteiger partial charge in [-0.1, -0.05) is 72.8 Å². The van der Waals surface area contributed by atoms with Gasteiger partial charge in [-0.3, -0.25) is 14.4 Å². The summed E-state index contributed by atoms with van der Waals surface area (Å²) >= 11 is 0. The van der Waals surface area contributed by atoms with Crippen molar-refractivity contribution >= 4 is 11.8 Å². The van der Waals surface area contributed by atoms with Crippen molar-refractivity contribution in [2.75, 3.05) is 0 Å². The zero-order valence-corrected chi connectivity index (χ0v) is 17.0. The molecule has 0 radical (unpaired) electrons. The molecule has 3 aromatic carbocycles. The Hall–Kier alpha value is -4.52. The Morgan fingerprint density at radius 3 is 2.03 bits per heavy atom. The second-order valence-electron chi connectivity index (χ2n) is 7.13. The summed E-state index contributed by atoms with van der Waals surface area (Å²) in [5, 5.41) is 9.50. The first-order chi connectivity index (χ1) is 15.5. The summed E-state index contributed by atoms with van der Waals surface area (Å²) in [6.45, 7) is 0.175. The molecule has 0 spiro atoms. The Bertz CT molecular complexity index is 1320. The maximum Gasteiger partial charge on any atom is 0.277 e. The van der Waals surface area contributed by atoms with E-state index in [1.54, 1.807) is 24.3 Å². The molecule has 4 N–H and O–H groups in total. The van der Waals surface area contributed by atoms with Crippen molar-refractivity contribution < 1.29 is 9.59 Å². The molecule has 0 aliphatic rings. The molecule has 1 heterocycles. The van der Waals surface area contributed by atoms with Gasteiger partial charge in [-0.15, -0.1) is 0 Å². The highest BCUT2D eigenvalue weighted by Gasteiger charge is 2.22. The van der Waals surface area contributed by atoms with E-state index in [9.17, 15) is 14.4 Å². The predicted octanol–water partition coefficient (Wildman–Crippen LogP) is 3.13. The molecule has 0 saturated heterocycles. The van der Waals surface area contributed by atoms with Crippen molar-refractivity contribution in [1.29, 1.82) is 0 Å². The van der Waals surface area contributed by atoms with Crippen LogP contribution in [0.2, 0.25) is 0 Å². The van der Waals surface area contributed by atoms with Crippen LogP contribution in [0, 0.1) is 0 Å². The van der Waals surface area contributed by atoms with Gasteiger partial charge < -0.3 is 11.1 Å². The fraction of sp³-hybridized carbons (Fsp3) is 0.0400. The number of carbonyl (C=O) groups excluding carboxylic acids is 2. The summed E-state index contributed by atoms with van der Waals surface area (Å²) in [7, 11) is 0. The van der Waals surface area contributed by atoms with Crippen LogP contribution in [0.25, 0.3) is 22.4 Å². The van der Waals surface area contributed by atoms with Crippen LogP contribution in [0.4, 0.5) is 0 Å². The number of amides is 2. The number of nitrogens with two attached hydrogens (primary N) is 1. The lowest BCUT2D eigenvalue weighted by atomic mass is 9.95. The Morgan fingerprint density at radius 1 is 0.844 bits per heavy atom. The number of carbonyl (C=O) groups is 2. The number of hydrogen-bond donors (Lipinski definition) is 3. The van der Waals surface area contributed by atoms with E-state index in [0.717, 1.165) is 11.1 Å². The third-order valence-electron chi connectivity index (χ3n) is 5.01. The van der Waals surface area contributed by atoms with Crippen molar-refractivity contribution in [3.05, 3.63) is 112 Å². The fourth-order valence-electron chi connectivity index (χ4n) is 3.42. The molecule has 0 fully saturated rings. The van der Waals surface area contributed by atoms with Gasteiger partial charge >= 0.3 is 0 Å². The lowest BCUT2D eigenvalue weighted by molar-refractivity contribution is 0.0948. The minimum Gasteiger partial charge on any atom is -0.366 e. The van der Waals surface area contributed by atoms with E-state index in [1.807, 2.05) is 60.7 Å². The third kappa shape index (κ3) is 4.32. The molecule has 0 saturated carbocycles. The maximum atomic E-state index is 13.2. The number of hydrogen-bond acceptors (Lipinski definition) is 4. The van der Waals surface area contributed by atoms with Gasteiger partial charge in [-0.05, 0) is 23.3 Å². The maximum absolute atomic E-state index is 13.2. The van der Waals surface area contributed by atoms with Crippen LogP contribution >= 0.6 is 0 Å². The molecule has 32 heavy (non-hydrogen) atoms. The third-order valence-corrected chi connectivity index (χ3v) is 5.01. The molecule has 2 amide bonds. The van der Waals surface area contributed by atoms with Crippen molar-refractivity contribution in [2.45, 2.75) is 6.54 Å². The molecule has 4 aromatic rings. The largest absolute Gasteiger partial charge is 0.366 e. The molecule has 0 aliphatic heterocycles. The summed E-state index contributed by atoms with van der Waals surface area (Å²) in [5.41, 5.74) is 8.26. The molecule has 158 valence electrons. The standard InChI is InChI=1S/C25H20N4O3/c26-23(30)19-13-11-16(12-14-19)15-27-24(31)21-20(17-7-3-1-4-8-17)22(28-29-25(21)32)18-9-5-2-6-10-18/h1-14H,15H2,(H2,26,30)(H,27,31)(H,29,32). The van der Waals surface area contributed by atoms with Gasteiger partial charge in [0.2, 0.25) is 5.91 Å². The van der Waals surface area contributed by atoms with E-state index in [4.69, 9.17) is 5.73 Å². The van der Waals surface area contributed by atoms with E-state index in [1.165, 1.54) is 0 Å². The first-order valence-electron chi connectivity index (χ1n) is 9.95. The Balaban J connectivity index is 1.73. The predicted molar refractivity (Wildman–Crippen MR) is 122 cm³/mol. The molecular formula is C25H20N4O3. The van der Waals surface area contributed by atoms with Crippen molar-refractivity contribution in [1.82, 2.24) is 15.5 Å². The normalized spacial score (nSPS) is 10.5. The topological polar surface area (TPSA) is 118 Å². The second kappa shape index (κ2) is 9.09. The monoisotopic (exact) mass is 424 g/mol. The lowest BCUT2D eigenvalue weighted by Gasteiger charge is -2.14. The van der Waals surface area contributed by atoms with Crippen LogP contribution in [0.1, 0.15) is 26.3 Å². The second-order valence-corrected chi connectivity index (χ2v) is 7.13. The van der Waals surface area contributed by atoms with Crippen LogP contribution in [-0.4, -0.2) is 22.0 Å². The van der Waals surface area contributed by atoms with Crippen LogP contribution in [0.15, 0.2) is 89.7 Å². The van der Waals surface area contributed by atoms with Crippen molar-refractivity contribution in [3.63, 3.8) is 0 Å². The van der Waals surface area contributed by atoms with E-state index < -0.39 is 17.4 Å². The Labute approximate surface area is 183 Å². The number of primary amides is 1. The van der Waals surface area contributed by atoms with E-state index >= 15 is 0 Å². The molecule has 1 aromatic heterocycles. The zero-order chi connectivity index (χ0) is 22.5. The molecule has 7 nitrogen and oxygen atoms in total. The van der Waals surface area contributed by atoms with Gasteiger partial charge in [-0.25, -0.2) is 5.10 Å². The fourth-order valence-corrected chi connectivity index (χ4v) is 3.42. The molecule has 7 heteroatoms. The highest BCUT2D eigenvalue weighted by molar-refractivity contribution is 6.03. The summed E-state index contributed by atoms with van der Waals surface area (Å²) in [4.78, 5) is 37.1. The molecule has 0 aliphatic carbocycles. The first kappa shape index (κ1) is 20.7. The van der Waals surface area contributed by atoms with E-state index in [2.05, 4.69) is 15.5 Å². The average Bonchev–Trinajstić information content (AvgIpc) is 2.83. The summed E-state index contributed by atoms with van der Waals surface area (Å²) in [6, 6.07) is 25.2. The first-order valence-corrected chi connectivity index (χ1v) is 9.95. The molecule has 0 bridgehead atoms. The summed E-state index contributed by atoms with van der Waals surface area (Å²) in [6.07, 6.45) is 0. The molecule has 0 atom stereocenters. The Kier molecular flexibility index (Phi) is 5.89. The lowest BCUT2D eigenvalue weighted by Crippen LogP contribution is -2.31. The van der Waals surface area contributed by atoms with Crippen molar-refractivity contribution in [2.24, 2.45) is 5.73 Å². The zero-order valence-electron chi connectivity index (χ0n) is 17.0. The van der Waals surface area contributed by atoms with Gasteiger partial charge in [-0.2, -0.15) is 5.10 Å². The number of rotatable bonds is 6. The quantitative estimate of drug-likeness (QED) is 0.441. The van der Waals surface area contributed by atoms with Gasteiger partial charge in [0.05, 0.1) is 5.69 Å². The van der Waals surface area contributed by atoms with E-state index in [0.29, 0.717) is 22.4 Å². The van der Waals surface area contributed by atoms with Crippen LogP contribution in [0.5, 0.6) is 0 Å². The van der Waals surface area contributed by atoms with Gasteiger partial charge in [0, 0.05) is 23.2 Å². The molecular weight excluding hydrogens is 404 g/mol. The molecule has 0 unspecified atom stereocenters. The van der Waals surface area contributed by atoms with Crippen molar-refractivity contribution in [3.8, 4) is 22.4 Å². The average molecular weight is 424 g/mol. The smallest absolute Gasteiger partial charge is 0.277 e. The van der Waals surface area contributed by atoms with Gasteiger partial charge in [0.1, 0.15) is 5.56 Å². The van der Waals surface area contributed by atoms with Gasteiger partial charge in [0.15, 0.2) is 0 Å². The highest BCUT2D eigenvalue weighted by atomic mass is 16.2. The number of benzene rings is 3. The summed E-state index contributed by atoms with van der Waals surface area (Å²) < 4.78 is 0. The summed E-state index contributed by atoms with van der Waals surface area (Å²) in [5.74, 6) is -1.05. The highest BCUT2D eigenvalue weighted by Crippen LogP contribution is 2.31. The number of aromatic amines is 1. The SMILES string of the molecule is NC(=O)c1ccc(CNC(=O)c2c(-c3ccccc3)c(-c3ccccc3)n[nH]c2=O)cc1. The minimum absolute atomic E-state index is 0.0150. The van der Waals surface area contributed by atoms with E-state index in [-0.39, 0.29) is 12.1 Å². The van der Waals surface area contributed by atoms with Crippen LogP contribution < -0.4 is 16.6 Å².